The van der Waals surface area contributed by atoms with Crippen molar-refractivity contribution in [2.45, 2.75) is 475 Å². The molecule has 0 aliphatic rings. The predicted octanol–water partition coefficient (Wildman–Crippen LogP) is 26.8. The van der Waals surface area contributed by atoms with Gasteiger partial charge in [0.15, 0.2) is 0 Å². The number of amides is 1. The lowest BCUT2D eigenvalue weighted by Crippen LogP contribution is -2.45. The zero-order chi connectivity index (χ0) is 63.5. The molecule has 1 amide bonds. The molecule has 0 fully saturated rings. The summed E-state index contributed by atoms with van der Waals surface area (Å²) in [7, 11) is 0. The number of esters is 1. The highest BCUT2D eigenvalue weighted by atomic mass is 16.5. The summed E-state index contributed by atoms with van der Waals surface area (Å²) in [4.78, 5) is 24.7. The molecule has 0 heterocycles. The third-order valence-corrected chi connectivity index (χ3v) is 19.3. The van der Waals surface area contributed by atoms with Gasteiger partial charge in [-0.1, -0.05) is 417 Å². The summed E-state index contributed by atoms with van der Waals surface area (Å²) in [5.74, 6) is -0.0163. The van der Waals surface area contributed by atoms with Crippen molar-refractivity contribution in [3.63, 3.8) is 0 Å². The second kappa shape index (κ2) is 77.8. The molecule has 88 heavy (non-hydrogen) atoms. The molecule has 0 saturated carbocycles. The van der Waals surface area contributed by atoms with Gasteiger partial charge in [0.2, 0.25) is 5.91 Å². The molecule has 0 aromatic rings. The number of aliphatic hydroxyl groups is 2. The Morgan fingerprint density at radius 3 is 0.886 bits per heavy atom. The summed E-state index contributed by atoms with van der Waals surface area (Å²) in [6.45, 7) is 4.98. The van der Waals surface area contributed by atoms with Gasteiger partial charge in [-0.2, -0.15) is 0 Å². The second-order valence-corrected chi connectivity index (χ2v) is 28.1. The summed E-state index contributed by atoms with van der Waals surface area (Å²) in [6.07, 6.45) is 99.9. The second-order valence-electron chi connectivity index (χ2n) is 28.1. The van der Waals surface area contributed by atoms with Crippen molar-refractivity contribution in [1.29, 1.82) is 0 Å². The molecular weight excluding hydrogens is 1080 g/mol. The van der Waals surface area contributed by atoms with Crippen LogP contribution in [-0.2, 0) is 14.3 Å². The number of nitrogens with one attached hydrogen (secondary N) is 1. The fraction of sp³-hybridized carbons (Fsp3) is 0.927. The lowest BCUT2D eigenvalue weighted by molar-refractivity contribution is -0.143. The number of carbonyl (C=O) groups is 2. The first kappa shape index (κ1) is 86.3. The van der Waals surface area contributed by atoms with Crippen LogP contribution in [0.5, 0.6) is 0 Å². The Balaban J connectivity index is 3.33. The van der Waals surface area contributed by atoms with Gasteiger partial charge in [0.05, 0.1) is 25.4 Å². The zero-order valence-corrected chi connectivity index (χ0v) is 60.0. The molecule has 0 saturated heterocycles. The minimum Gasteiger partial charge on any atom is -0.466 e. The highest BCUT2D eigenvalue weighted by Gasteiger charge is 2.20. The van der Waals surface area contributed by atoms with E-state index in [4.69, 9.17) is 4.74 Å². The van der Waals surface area contributed by atoms with E-state index in [1.54, 1.807) is 0 Å². The van der Waals surface area contributed by atoms with Crippen LogP contribution in [0, 0.1) is 0 Å². The normalized spacial score (nSPS) is 12.5. The van der Waals surface area contributed by atoms with Crippen LogP contribution in [-0.4, -0.2) is 47.4 Å². The fourth-order valence-corrected chi connectivity index (χ4v) is 13.1. The van der Waals surface area contributed by atoms with Gasteiger partial charge in [0.25, 0.3) is 0 Å². The van der Waals surface area contributed by atoms with Crippen LogP contribution < -0.4 is 5.32 Å². The van der Waals surface area contributed by atoms with Crippen LogP contribution in [0.1, 0.15) is 463 Å². The van der Waals surface area contributed by atoms with Crippen molar-refractivity contribution in [3.05, 3.63) is 24.3 Å². The van der Waals surface area contributed by atoms with E-state index in [1.165, 1.54) is 379 Å². The third-order valence-electron chi connectivity index (χ3n) is 19.3. The third kappa shape index (κ3) is 73.4. The molecule has 0 rings (SSSR count). The Labute approximate surface area is 551 Å². The average molecular weight is 1240 g/mol. The van der Waals surface area contributed by atoms with E-state index < -0.39 is 12.1 Å². The van der Waals surface area contributed by atoms with Gasteiger partial charge in [0, 0.05) is 12.8 Å². The molecule has 0 aliphatic heterocycles. The van der Waals surface area contributed by atoms with Gasteiger partial charge in [-0.05, 0) is 57.8 Å². The smallest absolute Gasteiger partial charge is 0.305 e. The van der Waals surface area contributed by atoms with Crippen LogP contribution in [0.2, 0.25) is 0 Å². The molecule has 522 valence electrons. The number of ether oxygens (including phenoxy) is 1. The van der Waals surface area contributed by atoms with Gasteiger partial charge in [-0.3, -0.25) is 9.59 Å². The molecule has 3 N–H and O–H groups in total. The summed E-state index contributed by atoms with van der Waals surface area (Å²) < 4.78 is 5.49. The van der Waals surface area contributed by atoms with Gasteiger partial charge in [-0.15, -0.1) is 0 Å². The molecule has 2 unspecified atom stereocenters. The maximum Gasteiger partial charge on any atom is 0.305 e. The minimum absolute atomic E-state index is 0.00819. The van der Waals surface area contributed by atoms with E-state index >= 15 is 0 Å². The number of allylic oxidation sites excluding steroid dienone is 4. The molecule has 0 aromatic carbocycles. The van der Waals surface area contributed by atoms with E-state index in [9.17, 15) is 19.8 Å². The standard InChI is InChI=1S/C82H159NO5/c1-3-5-7-9-11-13-15-17-19-20-21-22-23-34-37-40-43-47-50-54-58-62-66-70-74-80(85)79(78-84)83-81(86)75-71-67-63-59-55-51-48-44-41-38-35-32-30-28-26-24-25-27-29-31-33-36-39-42-45-49-53-57-61-65-69-73-77-88-82(87)76-72-68-64-60-56-52-46-18-16-14-12-10-8-6-4-2/h12,14,18,46,79-80,84-85H,3-11,13,15-17,19-45,47-78H2,1-2H3,(H,83,86)/b14-12-,46-18-. The zero-order valence-electron chi connectivity index (χ0n) is 60.0. The average Bonchev–Trinajstić information content (AvgIpc) is 3.59. The van der Waals surface area contributed by atoms with Crippen molar-refractivity contribution in [1.82, 2.24) is 5.32 Å². The predicted molar refractivity (Wildman–Crippen MR) is 389 cm³/mol. The van der Waals surface area contributed by atoms with E-state index in [1.807, 2.05) is 0 Å². The molecule has 0 aliphatic carbocycles. The molecule has 6 nitrogen and oxygen atoms in total. The van der Waals surface area contributed by atoms with E-state index in [0.29, 0.717) is 25.9 Å². The summed E-state index contributed by atoms with van der Waals surface area (Å²) in [5.41, 5.74) is 0. The number of hydrogen-bond acceptors (Lipinski definition) is 5. The Morgan fingerprint density at radius 2 is 0.568 bits per heavy atom. The summed E-state index contributed by atoms with van der Waals surface area (Å²) in [5, 5.41) is 23.5. The number of unbranched alkanes of at least 4 members (excludes halogenated alkanes) is 62. The van der Waals surface area contributed by atoms with Gasteiger partial charge in [-0.25, -0.2) is 0 Å². The van der Waals surface area contributed by atoms with Crippen molar-refractivity contribution < 1.29 is 24.5 Å². The van der Waals surface area contributed by atoms with Crippen LogP contribution in [0.25, 0.3) is 0 Å². The lowest BCUT2D eigenvalue weighted by atomic mass is 10.0. The maximum absolute atomic E-state index is 12.6. The Morgan fingerprint density at radius 1 is 0.318 bits per heavy atom. The summed E-state index contributed by atoms with van der Waals surface area (Å²) in [6, 6.07) is -0.539. The number of carbonyl (C=O) groups excluding carboxylic acids is 2. The van der Waals surface area contributed by atoms with Crippen LogP contribution in [0.4, 0.5) is 0 Å². The fourth-order valence-electron chi connectivity index (χ4n) is 13.1. The van der Waals surface area contributed by atoms with Crippen LogP contribution >= 0.6 is 0 Å². The highest BCUT2D eigenvalue weighted by Crippen LogP contribution is 2.20. The summed E-state index contributed by atoms with van der Waals surface area (Å²) >= 11 is 0. The van der Waals surface area contributed by atoms with Crippen LogP contribution in [0.15, 0.2) is 24.3 Å². The maximum atomic E-state index is 12.6. The number of aliphatic hydroxyl groups excluding tert-OH is 2. The molecule has 0 aromatic heterocycles. The Kier molecular flexibility index (Phi) is 76.3. The highest BCUT2D eigenvalue weighted by molar-refractivity contribution is 5.76. The van der Waals surface area contributed by atoms with Gasteiger partial charge >= 0.3 is 5.97 Å². The van der Waals surface area contributed by atoms with Crippen molar-refractivity contribution in [2.75, 3.05) is 13.2 Å². The first-order valence-electron chi connectivity index (χ1n) is 40.6. The van der Waals surface area contributed by atoms with Crippen molar-refractivity contribution >= 4 is 11.9 Å². The number of hydrogen-bond donors (Lipinski definition) is 3. The minimum atomic E-state index is -0.662. The molecule has 0 bridgehead atoms. The topological polar surface area (TPSA) is 95.9 Å². The first-order chi connectivity index (χ1) is 43.5. The molecule has 0 spiro atoms. The first-order valence-corrected chi connectivity index (χ1v) is 40.6. The molecule has 6 heteroatoms. The van der Waals surface area contributed by atoms with Crippen molar-refractivity contribution in [2.24, 2.45) is 0 Å². The largest absolute Gasteiger partial charge is 0.466 e. The SMILES string of the molecule is CCCCC/C=C\C/C=C\CCCCCCCC(=O)OCCCCCCCCCCCCCCCCCCCCCCCCCCCCCCCCCCC(=O)NC(CO)C(O)CCCCCCCCCCCCCCCCCCCCCCCCCC. The van der Waals surface area contributed by atoms with E-state index in [-0.39, 0.29) is 18.5 Å². The van der Waals surface area contributed by atoms with E-state index in [2.05, 4.69) is 43.5 Å². The van der Waals surface area contributed by atoms with E-state index in [0.717, 1.165) is 51.4 Å². The molecule has 2 atom stereocenters. The number of rotatable bonds is 77. The molecule has 0 radical (unpaired) electrons. The lowest BCUT2D eigenvalue weighted by Gasteiger charge is -2.22. The Hall–Kier alpha value is -1.66. The van der Waals surface area contributed by atoms with Gasteiger partial charge in [0.1, 0.15) is 0 Å². The van der Waals surface area contributed by atoms with Crippen molar-refractivity contribution in [3.8, 4) is 0 Å². The van der Waals surface area contributed by atoms with Gasteiger partial charge < -0.3 is 20.3 Å². The monoisotopic (exact) mass is 1240 g/mol. The quantitative estimate of drug-likeness (QED) is 0.0320. The molecular formula is C82H159NO5. The Bertz CT molecular complexity index is 1380. The van der Waals surface area contributed by atoms with Crippen LogP contribution in [0.3, 0.4) is 0 Å².